The largest absolute Gasteiger partial charge is 0.388 e. The van der Waals surface area contributed by atoms with E-state index in [1.54, 1.807) is 24.8 Å². The number of aliphatic hydroxyl groups is 2. The maximum absolute atomic E-state index is 14.0. The third-order valence-corrected chi connectivity index (χ3v) is 19.3. The van der Waals surface area contributed by atoms with Gasteiger partial charge in [-0.05, 0) is 129 Å². The molecule has 4 amide bonds. The van der Waals surface area contributed by atoms with Crippen molar-refractivity contribution in [2.24, 2.45) is 0 Å². The molecule has 4 aliphatic heterocycles. The summed E-state index contributed by atoms with van der Waals surface area (Å²) in [6, 6.07) is 21.4. The SMILES string of the molecule is CN(C)C1(c2ccccc2)CCC2(CC1)CN(c1cnc(N3CCOCC3)nc1)C(=O)N2CC1(O)CCC1.CN(C)C1(c2ccccc2)CCC2(CC1)CN(c1cnc(N3CCOCC3)nc1)C(=O)N2CC1(O)CCC1. The van der Waals surface area contributed by atoms with E-state index >= 15 is 0 Å². The highest BCUT2D eigenvalue weighted by atomic mass is 16.5. The first kappa shape index (κ1) is 52.5. The summed E-state index contributed by atoms with van der Waals surface area (Å²) in [7, 11) is 8.66. The van der Waals surface area contributed by atoms with E-state index in [1.807, 2.05) is 19.6 Å². The second-order valence-corrected chi connectivity index (χ2v) is 23.8. The first-order valence-electron chi connectivity index (χ1n) is 28.1. The van der Waals surface area contributed by atoms with Crippen molar-refractivity contribution >= 4 is 35.3 Å². The van der Waals surface area contributed by atoms with Gasteiger partial charge >= 0.3 is 12.1 Å². The minimum Gasteiger partial charge on any atom is -0.388 e. The minimum atomic E-state index is -0.773. The number of hydrogen-bond donors (Lipinski definition) is 2. The van der Waals surface area contributed by atoms with Crippen LogP contribution in [0.4, 0.5) is 32.9 Å². The molecule has 8 aliphatic rings. The van der Waals surface area contributed by atoms with E-state index in [9.17, 15) is 19.8 Å². The monoisotopic (exact) mass is 1040 g/mol. The van der Waals surface area contributed by atoms with Crippen molar-refractivity contribution in [2.75, 3.05) is 127 Å². The summed E-state index contributed by atoms with van der Waals surface area (Å²) in [6.07, 6.45) is 19.5. The molecule has 2 spiro atoms. The highest BCUT2D eigenvalue weighted by Crippen LogP contribution is 2.52. The smallest absolute Gasteiger partial charge is 0.325 e. The van der Waals surface area contributed by atoms with Crippen LogP contribution in [0.1, 0.15) is 101 Å². The number of anilines is 4. The van der Waals surface area contributed by atoms with Gasteiger partial charge in [-0.3, -0.25) is 19.6 Å². The van der Waals surface area contributed by atoms with Crippen molar-refractivity contribution in [1.29, 1.82) is 0 Å². The number of carbonyl (C=O) groups is 2. The van der Waals surface area contributed by atoms with Crippen molar-refractivity contribution in [2.45, 2.75) is 123 Å². The molecular formula is C58H80N12O6. The first-order valence-corrected chi connectivity index (χ1v) is 28.1. The Kier molecular flexibility index (Phi) is 14.5. The number of carbonyl (C=O) groups excluding carboxylic acids is 2. The van der Waals surface area contributed by atoms with Crippen LogP contribution < -0.4 is 19.6 Å². The number of β-amino-alcohol motifs (C(OH)–C–C–N with tert-alkyl or cyclic N) is 2. The quantitative estimate of drug-likeness (QED) is 0.158. The van der Waals surface area contributed by atoms with Crippen molar-refractivity contribution in [3.05, 3.63) is 96.6 Å². The predicted octanol–water partition coefficient (Wildman–Crippen LogP) is 6.48. The number of ether oxygens (including phenoxy) is 2. The molecule has 8 fully saturated rings. The molecule has 0 bridgehead atoms. The highest BCUT2D eigenvalue weighted by Gasteiger charge is 2.59. The fourth-order valence-electron chi connectivity index (χ4n) is 13.9. The zero-order chi connectivity index (χ0) is 52.8. The van der Waals surface area contributed by atoms with Gasteiger partial charge in [0.2, 0.25) is 11.9 Å². The van der Waals surface area contributed by atoms with Gasteiger partial charge in [0.05, 0.1) is 111 Å². The molecule has 4 aliphatic carbocycles. The Hall–Kier alpha value is -5.50. The second-order valence-electron chi connectivity index (χ2n) is 23.8. The Morgan fingerprint density at radius 2 is 0.816 bits per heavy atom. The maximum atomic E-state index is 14.0. The van der Waals surface area contributed by atoms with Gasteiger partial charge in [-0.1, -0.05) is 60.7 Å². The average molecular weight is 1040 g/mol. The molecule has 4 saturated carbocycles. The standard InChI is InChI=1S/2C29H40N6O3/c2*1-32(2)29(23-7-4-3-5-8-23)13-11-27(12-14-29)21-34(26(36)35(27)22-28(37)9-6-10-28)24-19-30-25(31-20-24)33-15-17-38-18-16-33/h2*3-5,7-8,19-20,37H,6,9-18,21-22H2,1-2H3. The molecule has 76 heavy (non-hydrogen) atoms. The average Bonchev–Trinajstić information content (AvgIpc) is 3.87. The van der Waals surface area contributed by atoms with Crippen molar-refractivity contribution in [3.8, 4) is 0 Å². The number of hydrogen-bond acceptors (Lipinski definition) is 14. The van der Waals surface area contributed by atoms with Crippen LogP contribution in [0, 0.1) is 0 Å². The molecule has 4 aromatic rings. The van der Waals surface area contributed by atoms with Gasteiger partial charge < -0.3 is 39.3 Å². The molecule has 12 rings (SSSR count). The lowest BCUT2D eigenvalue weighted by molar-refractivity contribution is -0.0726. The Morgan fingerprint density at radius 3 is 1.11 bits per heavy atom. The van der Waals surface area contributed by atoms with Crippen LogP contribution in [-0.4, -0.2) is 191 Å². The Bertz CT molecular complexity index is 2430. The summed E-state index contributed by atoms with van der Waals surface area (Å²) < 4.78 is 10.9. The van der Waals surface area contributed by atoms with Crippen LogP contribution in [0.25, 0.3) is 0 Å². The van der Waals surface area contributed by atoms with Gasteiger partial charge in [0.25, 0.3) is 0 Å². The topological polar surface area (TPSA) is 171 Å². The zero-order valence-corrected chi connectivity index (χ0v) is 45.4. The van der Waals surface area contributed by atoms with E-state index in [0.29, 0.717) is 64.5 Å². The second kappa shape index (κ2) is 21.0. The molecule has 4 saturated heterocycles. The molecule has 0 unspecified atom stereocenters. The molecule has 18 nitrogen and oxygen atoms in total. The van der Waals surface area contributed by atoms with Gasteiger partial charge in [0, 0.05) is 37.3 Å². The maximum Gasteiger partial charge on any atom is 0.325 e. The number of amides is 4. The van der Waals surface area contributed by atoms with Crippen LogP contribution in [0.5, 0.6) is 0 Å². The number of benzene rings is 2. The van der Waals surface area contributed by atoms with E-state index < -0.39 is 11.2 Å². The van der Waals surface area contributed by atoms with Crippen molar-refractivity contribution in [1.82, 2.24) is 39.5 Å². The van der Waals surface area contributed by atoms with Crippen LogP contribution >= 0.6 is 0 Å². The van der Waals surface area contributed by atoms with Gasteiger partial charge in [-0.2, -0.15) is 0 Å². The van der Waals surface area contributed by atoms with E-state index in [-0.39, 0.29) is 34.2 Å². The summed E-state index contributed by atoms with van der Waals surface area (Å²) in [4.78, 5) is 63.1. The molecule has 0 atom stereocenters. The van der Waals surface area contributed by atoms with Crippen LogP contribution in [0.15, 0.2) is 85.5 Å². The number of morpholine rings is 2. The van der Waals surface area contributed by atoms with Crippen LogP contribution in [0.3, 0.4) is 0 Å². The molecule has 408 valence electrons. The summed E-state index contributed by atoms with van der Waals surface area (Å²) in [6.45, 7) is 7.77. The summed E-state index contributed by atoms with van der Waals surface area (Å²) >= 11 is 0. The first-order chi connectivity index (χ1) is 36.7. The van der Waals surface area contributed by atoms with Crippen molar-refractivity contribution in [3.63, 3.8) is 0 Å². The lowest BCUT2D eigenvalue weighted by Crippen LogP contribution is -2.59. The van der Waals surface area contributed by atoms with E-state index in [2.05, 4.69) is 128 Å². The summed E-state index contributed by atoms with van der Waals surface area (Å²) in [5.41, 5.74) is 1.80. The lowest BCUT2D eigenvalue weighted by atomic mass is 9.67. The number of nitrogens with zero attached hydrogens (tertiary/aromatic N) is 12. The number of urea groups is 2. The third-order valence-electron chi connectivity index (χ3n) is 19.3. The fourth-order valence-corrected chi connectivity index (χ4v) is 13.9. The predicted molar refractivity (Wildman–Crippen MR) is 293 cm³/mol. The normalized spacial score (nSPS) is 29.3. The molecule has 18 heteroatoms. The Balaban J connectivity index is 0.000000162. The van der Waals surface area contributed by atoms with Crippen LogP contribution in [0.2, 0.25) is 0 Å². The Labute approximate surface area is 449 Å². The lowest BCUT2D eigenvalue weighted by Gasteiger charge is -2.52. The third kappa shape index (κ3) is 9.80. The van der Waals surface area contributed by atoms with E-state index in [4.69, 9.17) is 9.47 Å². The molecule has 2 aromatic heterocycles. The minimum absolute atomic E-state index is 0.0369. The molecule has 0 radical (unpaired) electrons. The highest BCUT2D eigenvalue weighted by molar-refractivity contribution is 5.96. The van der Waals surface area contributed by atoms with Gasteiger partial charge in [-0.15, -0.1) is 0 Å². The van der Waals surface area contributed by atoms with E-state index in [0.717, 1.165) is 127 Å². The van der Waals surface area contributed by atoms with E-state index in [1.165, 1.54) is 11.1 Å². The molecule has 2 N–H and O–H groups in total. The van der Waals surface area contributed by atoms with Crippen LogP contribution in [-0.2, 0) is 20.6 Å². The summed E-state index contributed by atoms with van der Waals surface area (Å²) in [5.74, 6) is 1.35. The summed E-state index contributed by atoms with van der Waals surface area (Å²) in [5, 5.41) is 22.3. The number of rotatable bonds is 12. The van der Waals surface area contributed by atoms with Gasteiger partial charge in [-0.25, -0.2) is 29.5 Å². The number of aromatic nitrogens is 4. The Morgan fingerprint density at radius 1 is 0.487 bits per heavy atom. The molecule has 6 heterocycles. The van der Waals surface area contributed by atoms with Gasteiger partial charge in [0.15, 0.2) is 0 Å². The molecular weight excluding hydrogens is 961 g/mol. The van der Waals surface area contributed by atoms with Gasteiger partial charge in [0.1, 0.15) is 0 Å². The van der Waals surface area contributed by atoms with Crippen molar-refractivity contribution < 1.29 is 29.3 Å². The fraction of sp³-hybridized carbons (Fsp3) is 0.621. The molecule has 2 aromatic carbocycles. The zero-order valence-electron chi connectivity index (χ0n) is 45.4.